The Morgan fingerprint density at radius 3 is 2.28 bits per heavy atom. The van der Waals surface area contributed by atoms with Crippen LogP contribution < -0.4 is 9.64 Å². The minimum absolute atomic E-state index is 0.0715. The number of aliphatic hydroxyl groups excluding tert-OH is 1. The number of ether oxygens (including phenoxy) is 2. The molecule has 39 heavy (non-hydrogen) atoms. The third kappa shape index (κ3) is 9.27. The molecule has 0 aliphatic heterocycles. The lowest BCUT2D eigenvalue weighted by Gasteiger charge is -2.34. The molecule has 218 valence electrons. The molecule has 11 heteroatoms. The lowest BCUT2D eigenvalue weighted by atomic mass is 9.85. The first-order valence-corrected chi connectivity index (χ1v) is 13.0. The number of hydrogen-bond acceptors (Lipinski definition) is 4. The van der Waals surface area contributed by atoms with Gasteiger partial charge in [-0.25, -0.2) is 8.78 Å². The summed E-state index contributed by atoms with van der Waals surface area (Å²) in [6, 6.07) is 13.9. The molecule has 2 aromatic carbocycles. The van der Waals surface area contributed by atoms with Gasteiger partial charge in [0.2, 0.25) is 0 Å². The standard InChI is InChI=1S/C28H34F7NO3/c1-18(2)20-7-4-9-22(15-20)38-23-10-5-8-21(16-23)36(17-25(37)27(31,32)33)13-12-19-6-3-11-24(14-19)39-28(34,35)26(29)30/h4-5,7-10,15-16,18-19,24-26,37H,3,6,11-14,17H2,1-2H3. The van der Waals surface area contributed by atoms with Gasteiger partial charge in [0.15, 0.2) is 6.10 Å². The van der Waals surface area contributed by atoms with Crippen LogP contribution >= 0.6 is 0 Å². The molecule has 0 radical (unpaired) electrons. The van der Waals surface area contributed by atoms with E-state index < -0.39 is 37.5 Å². The third-order valence-electron chi connectivity index (χ3n) is 6.83. The van der Waals surface area contributed by atoms with Gasteiger partial charge in [0.25, 0.3) is 0 Å². The van der Waals surface area contributed by atoms with Crippen molar-refractivity contribution in [2.45, 2.75) is 82.8 Å². The molecule has 0 amide bonds. The van der Waals surface area contributed by atoms with Crippen molar-refractivity contribution < 1.29 is 45.3 Å². The summed E-state index contributed by atoms with van der Waals surface area (Å²) < 4.78 is 102. The average Bonchev–Trinajstić information content (AvgIpc) is 2.86. The van der Waals surface area contributed by atoms with E-state index in [0.29, 0.717) is 36.4 Å². The maximum atomic E-state index is 13.4. The van der Waals surface area contributed by atoms with E-state index >= 15 is 0 Å². The summed E-state index contributed by atoms with van der Waals surface area (Å²) in [6.45, 7) is 3.40. The van der Waals surface area contributed by atoms with Crippen molar-refractivity contribution in [3.8, 4) is 11.5 Å². The molecular formula is C28H34F7NO3. The van der Waals surface area contributed by atoms with Crippen LogP contribution in [0.2, 0.25) is 0 Å². The van der Waals surface area contributed by atoms with Crippen molar-refractivity contribution >= 4 is 5.69 Å². The van der Waals surface area contributed by atoms with Crippen molar-refractivity contribution in [1.82, 2.24) is 0 Å². The first-order valence-electron chi connectivity index (χ1n) is 13.0. The Balaban J connectivity index is 1.73. The molecule has 3 rings (SSSR count). The lowest BCUT2D eigenvalue weighted by molar-refractivity contribution is -0.322. The average molecular weight is 566 g/mol. The number of benzene rings is 2. The highest BCUT2D eigenvalue weighted by Crippen LogP contribution is 2.36. The van der Waals surface area contributed by atoms with Crippen LogP contribution in [0.25, 0.3) is 0 Å². The van der Waals surface area contributed by atoms with Gasteiger partial charge in [-0.2, -0.15) is 22.0 Å². The monoisotopic (exact) mass is 565 g/mol. The molecule has 3 atom stereocenters. The molecule has 0 bridgehead atoms. The molecule has 0 heterocycles. The Morgan fingerprint density at radius 2 is 1.64 bits per heavy atom. The molecule has 1 aliphatic rings. The van der Waals surface area contributed by atoms with Gasteiger partial charge in [0.05, 0.1) is 12.6 Å². The maximum absolute atomic E-state index is 13.4. The van der Waals surface area contributed by atoms with E-state index in [0.717, 1.165) is 5.56 Å². The number of alkyl halides is 7. The van der Waals surface area contributed by atoms with Crippen molar-refractivity contribution in [3.05, 3.63) is 54.1 Å². The number of aliphatic hydroxyl groups is 1. The van der Waals surface area contributed by atoms with E-state index in [2.05, 4.69) is 4.74 Å². The predicted molar refractivity (Wildman–Crippen MR) is 134 cm³/mol. The van der Waals surface area contributed by atoms with Gasteiger partial charge >= 0.3 is 18.7 Å². The quantitative estimate of drug-likeness (QED) is 0.264. The van der Waals surface area contributed by atoms with Gasteiger partial charge in [-0.05, 0) is 60.9 Å². The summed E-state index contributed by atoms with van der Waals surface area (Å²) in [4.78, 5) is 1.37. The Labute approximate surface area is 223 Å². The number of rotatable bonds is 12. The van der Waals surface area contributed by atoms with Gasteiger partial charge in [-0.1, -0.05) is 44.9 Å². The van der Waals surface area contributed by atoms with Gasteiger partial charge in [-0.15, -0.1) is 0 Å². The van der Waals surface area contributed by atoms with Gasteiger partial charge in [0.1, 0.15) is 11.5 Å². The molecule has 1 saturated carbocycles. The zero-order valence-electron chi connectivity index (χ0n) is 21.8. The molecule has 0 aromatic heterocycles. The minimum Gasteiger partial charge on any atom is -0.457 e. The second-order valence-electron chi connectivity index (χ2n) is 10.3. The van der Waals surface area contributed by atoms with Gasteiger partial charge < -0.3 is 19.5 Å². The van der Waals surface area contributed by atoms with E-state index in [1.165, 1.54) is 4.90 Å². The molecule has 1 N–H and O–H groups in total. The fraction of sp³-hybridized carbons (Fsp3) is 0.571. The fourth-order valence-corrected chi connectivity index (χ4v) is 4.68. The number of hydrogen-bond donors (Lipinski definition) is 1. The molecule has 1 aliphatic carbocycles. The smallest absolute Gasteiger partial charge is 0.416 e. The fourth-order valence-electron chi connectivity index (χ4n) is 4.68. The maximum Gasteiger partial charge on any atom is 0.416 e. The van der Waals surface area contributed by atoms with E-state index in [1.54, 1.807) is 30.3 Å². The van der Waals surface area contributed by atoms with Crippen LogP contribution in [0, 0.1) is 5.92 Å². The second-order valence-corrected chi connectivity index (χ2v) is 10.3. The highest BCUT2D eigenvalue weighted by molar-refractivity contribution is 5.52. The van der Waals surface area contributed by atoms with E-state index in [9.17, 15) is 35.8 Å². The molecule has 1 fully saturated rings. The predicted octanol–water partition coefficient (Wildman–Crippen LogP) is 8.16. The number of nitrogens with zero attached hydrogens (tertiary/aromatic N) is 1. The highest BCUT2D eigenvalue weighted by atomic mass is 19.4. The van der Waals surface area contributed by atoms with Crippen LogP contribution in [0.1, 0.15) is 57.4 Å². The topological polar surface area (TPSA) is 41.9 Å². The van der Waals surface area contributed by atoms with E-state index in [-0.39, 0.29) is 31.2 Å². The summed E-state index contributed by atoms with van der Waals surface area (Å²) >= 11 is 0. The summed E-state index contributed by atoms with van der Waals surface area (Å²) in [7, 11) is 0. The highest BCUT2D eigenvalue weighted by Gasteiger charge is 2.45. The zero-order chi connectivity index (χ0) is 28.8. The third-order valence-corrected chi connectivity index (χ3v) is 6.83. The molecule has 3 unspecified atom stereocenters. The molecule has 0 saturated heterocycles. The Bertz CT molecular complexity index is 1050. The van der Waals surface area contributed by atoms with Crippen LogP contribution in [-0.2, 0) is 4.74 Å². The first-order chi connectivity index (χ1) is 18.2. The van der Waals surface area contributed by atoms with Gasteiger partial charge in [0, 0.05) is 18.3 Å². The summed E-state index contributed by atoms with van der Waals surface area (Å²) in [6.07, 6.45) is -15.4. The van der Waals surface area contributed by atoms with E-state index in [4.69, 9.17) is 4.74 Å². The SMILES string of the molecule is CC(C)c1cccc(Oc2cccc(N(CCC3CCCC(OC(F)(F)C(F)F)C3)CC(O)C(F)(F)F)c2)c1. The summed E-state index contributed by atoms with van der Waals surface area (Å²) in [5.74, 6) is 1.00. The Kier molecular flexibility index (Phi) is 10.5. The van der Waals surface area contributed by atoms with E-state index in [1.807, 2.05) is 32.0 Å². The van der Waals surface area contributed by atoms with Crippen molar-refractivity contribution in [2.75, 3.05) is 18.0 Å². The Morgan fingerprint density at radius 1 is 0.974 bits per heavy atom. The van der Waals surface area contributed by atoms with Crippen molar-refractivity contribution in [2.24, 2.45) is 5.92 Å². The van der Waals surface area contributed by atoms with Gasteiger partial charge in [-0.3, -0.25) is 0 Å². The molecule has 4 nitrogen and oxygen atoms in total. The largest absolute Gasteiger partial charge is 0.457 e. The van der Waals surface area contributed by atoms with Crippen LogP contribution in [0.15, 0.2) is 48.5 Å². The summed E-state index contributed by atoms with van der Waals surface area (Å²) in [5.41, 5.74) is 1.43. The Hall–Kier alpha value is -2.53. The van der Waals surface area contributed by atoms with Crippen LogP contribution in [-0.4, -0.2) is 49.1 Å². The lowest BCUT2D eigenvalue weighted by Crippen LogP contribution is -2.42. The molecular weight excluding hydrogens is 531 g/mol. The zero-order valence-corrected chi connectivity index (χ0v) is 21.8. The number of halogens is 7. The second kappa shape index (κ2) is 13.2. The summed E-state index contributed by atoms with van der Waals surface area (Å²) in [5, 5.41) is 9.79. The normalized spacial score (nSPS) is 19.4. The molecule has 0 spiro atoms. The van der Waals surface area contributed by atoms with Crippen LogP contribution in [0.5, 0.6) is 11.5 Å². The first kappa shape index (κ1) is 31.0. The van der Waals surface area contributed by atoms with Crippen LogP contribution in [0.3, 0.4) is 0 Å². The molecule has 2 aromatic rings. The van der Waals surface area contributed by atoms with Crippen LogP contribution in [0.4, 0.5) is 36.4 Å². The van der Waals surface area contributed by atoms with Crippen molar-refractivity contribution in [3.63, 3.8) is 0 Å². The minimum atomic E-state index is -4.84. The number of anilines is 1. The van der Waals surface area contributed by atoms with Crippen molar-refractivity contribution in [1.29, 1.82) is 0 Å².